The van der Waals surface area contributed by atoms with Gasteiger partial charge in [-0.2, -0.15) is 0 Å². The van der Waals surface area contributed by atoms with Gasteiger partial charge in [0.05, 0.1) is 12.1 Å². The van der Waals surface area contributed by atoms with Gasteiger partial charge in [-0.05, 0) is 36.6 Å². The van der Waals surface area contributed by atoms with Crippen molar-refractivity contribution in [2.24, 2.45) is 0 Å². The van der Waals surface area contributed by atoms with E-state index < -0.39 is 24.7 Å². The van der Waals surface area contributed by atoms with E-state index in [0.717, 1.165) is 0 Å². The molecule has 0 fully saturated rings. The van der Waals surface area contributed by atoms with Gasteiger partial charge in [0, 0.05) is 17.1 Å². The number of hydrogen-bond acceptors (Lipinski definition) is 2. The Balaban J connectivity index is 3.03. The Morgan fingerprint density at radius 3 is 2.40 bits per heavy atom. The zero-order chi connectivity index (χ0) is 19.4. The van der Waals surface area contributed by atoms with Crippen LogP contribution in [0.3, 0.4) is 0 Å². The van der Waals surface area contributed by atoms with Crippen LogP contribution in [0.1, 0.15) is 45.7 Å². The lowest BCUT2D eigenvalue weighted by Gasteiger charge is -2.31. The molecule has 0 bridgehead atoms. The van der Waals surface area contributed by atoms with Crippen LogP contribution in [0, 0.1) is 0 Å². The third kappa shape index (κ3) is 7.29. The molecule has 4 nitrogen and oxygen atoms in total. The van der Waals surface area contributed by atoms with Crippen LogP contribution in [0.5, 0.6) is 0 Å². The maximum Gasteiger partial charge on any atom is 0.407 e. The number of carbonyl (C=O) groups is 1. The lowest BCUT2D eigenvalue weighted by atomic mass is 9.96. The number of nitrogens with zero attached hydrogens (tertiary/aromatic N) is 1. The molecule has 2 radical (unpaired) electrons. The van der Waals surface area contributed by atoms with E-state index in [1.165, 1.54) is 0 Å². The van der Waals surface area contributed by atoms with Crippen molar-refractivity contribution in [2.75, 3.05) is 6.54 Å². The summed E-state index contributed by atoms with van der Waals surface area (Å²) in [4.78, 5) is 11.8. The molecule has 0 spiro atoms. The van der Waals surface area contributed by atoms with E-state index >= 15 is 0 Å². The van der Waals surface area contributed by atoms with Crippen molar-refractivity contribution in [2.45, 2.75) is 58.2 Å². The summed E-state index contributed by atoms with van der Waals surface area (Å²) in [6, 6.07) is 4.99. The van der Waals surface area contributed by atoms with Gasteiger partial charge in [-0.15, -0.1) is 0 Å². The largest absolute Gasteiger partial charge is 0.465 e. The Bertz CT molecular complexity index is 606. The third-order valence-electron chi connectivity index (χ3n) is 3.29. The molecular weight excluding hydrogens is 368 g/mol. The number of rotatable bonds is 7. The smallest absolute Gasteiger partial charge is 0.407 e. The second-order valence-electron chi connectivity index (χ2n) is 7.33. The molecule has 8 heteroatoms. The van der Waals surface area contributed by atoms with Gasteiger partial charge in [-0.1, -0.05) is 38.4 Å². The summed E-state index contributed by atoms with van der Waals surface area (Å²) in [7, 11) is 0.238. The molecule has 0 atom stereocenters. The van der Waals surface area contributed by atoms with Crippen molar-refractivity contribution < 1.29 is 23.1 Å². The van der Waals surface area contributed by atoms with Gasteiger partial charge in [0.15, 0.2) is 0 Å². The van der Waals surface area contributed by atoms with Crippen molar-refractivity contribution >= 4 is 27.5 Å². The van der Waals surface area contributed by atoms with Crippen LogP contribution in [-0.2, 0) is 16.6 Å². The molecule has 1 rings (SSSR count). The fourth-order valence-corrected chi connectivity index (χ4v) is 3.08. The van der Waals surface area contributed by atoms with Gasteiger partial charge in [-0.25, -0.2) is 13.6 Å². The quantitative estimate of drug-likeness (QED) is 0.652. The number of carboxylic acid groups (broad SMARTS) is 1. The summed E-state index contributed by atoms with van der Waals surface area (Å²) in [6.07, 6.45) is -4.11. The number of halogens is 3. The van der Waals surface area contributed by atoms with Crippen molar-refractivity contribution in [3.05, 3.63) is 34.3 Å². The number of benzene rings is 1. The summed E-state index contributed by atoms with van der Waals surface area (Å²) in [5, 5.41) is 9.57. The molecule has 0 aromatic heterocycles. The topological polar surface area (TPSA) is 49.8 Å². The normalized spacial score (nSPS) is 12.5. The van der Waals surface area contributed by atoms with Gasteiger partial charge >= 0.3 is 6.09 Å². The first-order valence-electron chi connectivity index (χ1n) is 7.82. The second-order valence-corrected chi connectivity index (χ2v) is 9.65. The van der Waals surface area contributed by atoms with Crippen LogP contribution in [0.15, 0.2) is 18.2 Å². The first kappa shape index (κ1) is 21.9. The van der Waals surface area contributed by atoms with Crippen molar-refractivity contribution in [3.8, 4) is 0 Å². The fraction of sp³-hybridized carbons (Fsp3) is 0.588. The van der Waals surface area contributed by atoms with Crippen LogP contribution >= 0.6 is 11.6 Å². The summed E-state index contributed by atoms with van der Waals surface area (Å²) in [5.41, 5.74) is 0.597. The lowest BCUT2D eigenvalue weighted by Crippen LogP contribution is -2.33. The van der Waals surface area contributed by atoms with Gasteiger partial charge in [-0.3, -0.25) is 4.90 Å². The molecule has 1 aromatic rings. The number of alkyl halides is 2. The SMILES string of the molecule is CC(C)(C)[Si]OC(C)(C)c1cc(CN(CC(F)F)C(=O)O)ccc1Cl. The highest BCUT2D eigenvalue weighted by atomic mass is 35.5. The number of amides is 1. The summed E-state index contributed by atoms with van der Waals surface area (Å²) >= 11 is 6.29. The molecule has 0 aliphatic rings. The van der Waals surface area contributed by atoms with Crippen molar-refractivity contribution in [1.82, 2.24) is 4.90 Å². The summed E-state index contributed by atoms with van der Waals surface area (Å²) < 4.78 is 31.1. The van der Waals surface area contributed by atoms with Gasteiger partial charge in [0.2, 0.25) is 9.76 Å². The molecule has 0 saturated carbocycles. The third-order valence-corrected chi connectivity index (χ3v) is 4.85. The Hall–Kier alpha value is -1.18. The predicted octanol–water partition coefficient (Wildman–Crippen LogP) is 5.17. The minimum Gasteiger partial charge on any atom is -0.465 e. The van der Waals surface area contributed by atoms with E-state index in [1.807, 2.05) is 13.8 Å². The fourth-order valence-electron chi connectivity index (χ4n) is 2.07. The van der Waals surface area contributed by atoms with E-state index in [0.29, 0.717) is 21.0 Å². The molecular formula is C17H24ClF2NO3Si. The van der Waals surface area contributed by atoms with Crippen LogP contribution in [0.25, 0.3) is 0 Å². The van der Waals surface area contributed by atoms with E-state index in [9.17, 15) is 13.6 Å². The van der Waals surface area contributed by atoms with E-state index in [1.54, 1.807) is 18.2 Å². The Morgan fingerprint density at radius 2 is 1.92 bits per heavy atom. The standard InChI is InChI=1S/C17H24ClF2NO3Si/c1-16(2,3)25-24-17(4,5)12-8-11(6-7-13(12)18)9-21(15(22)23)10-14(19)20/h6-8,14H,9-10H2,1-5H3,(H,22,23). The van der Waals surface area contributed by atoms with Gasteiger partial charge < -0.3 is 9.53 Å². The molecule has 1 aromatic carbocycles. The Kier molecular flexibility index (Phi) is 7.40. The van der Waals surface area contributed by atoms with Crippen LogP contribution in [0.4, 0.5) is 13.6 Å². The molecule has 0 aliphatic heterocycles. The molecule has 140 valence electrons. The molecule has 0 saturated heterocycles. The van der Waals surface area contributed by atoms with Crippen LogP contribution in [-0.4, -0.2) is 38.8 Å². The minimum atomic E-state index is -2.73. The number of hydrogen-bond donors (Lipinski definition) is 1. The van der Waals surface area contributed by atoms with Crippen LogP contribution in [0.2, 0.25) is 10.1 Å². The Labute approximate surface area is 155 Å². The zero-order valence-corrected chi connectivity index (χ0v) is 16.8. The zero-order valence-electron chi connectivity index (χ0n) is 15.1. The first-order chi connectivity index (χ1) is 11.3. The minimum absolute atomic E-state index is 0.00126. The highest BCUT2D eigenvalue weighted by molar-refractivity contribution is 6.32. The van der Waals surface area contributed by atoms with Crippen molar-refractivity contribution in [1.29, 1.82) is 0 Å². The maximum absolute atomic E-state index is 12.5. The molecule has 1 amide bonds. The molecule has 0 heterocycles. The van der Waals surface area contributed by atoms with Crippen LogP contribution < -0.4 is 0 Å². The molecule has 1 N–H and O–H groups in total. The second kappa shape index (κ2) is 8.47. The van der Waals surface area contributed by atoms with E-state index in [4.69, 9.17) is 21.1 Å². The predicted molar refractivity (Wildman–Crippen MR) is 95.5 cm³/mol. The summed E-state index contributed by atoms with van der Waals surface area (Å²) in [5.74, 6) is 0. The molecule has 0 aliphatic carbocycles. The highest BCUT2D eigenvalue weighted by Gasteiger charge is 2.28. The van der Waals surface area contributed by atoms with Gasteiger partial charge in [0.25, 0.3) is 6.43 Å². The first-order valence-corrected chi connectivity index (χ1v) is 9.10. The van der Waals surface area contributed by atoms with E-state index in [-0.39, 0.29) is 21.3 Å². The maximum atomic E-state index is 12.5. The monoisotopic (exact) mass is 391 g/mol. The van der Waals surface area contributed by atoms with Gasteiger partial charge in [0.1, 0.15) is 0 Å². The molecule has 0 unspecified atom stereocenters. The van der Waals surface area contributed by atoms with E-state index in [2.05, 4.69) is 20.8 Å². The Morgan fingerprint density at radius 1 is 1.32 bits per heavy atom. The highest BCUT2D eigenvalue weighted by Crippen LogP contribution is 2.34. The lowest BCUT2D eigenvalue weighted by molar-refractivity contribution is 0.0766. The average molecular weight is 392 g/mol. The average Bonchev–Trinajstić information content (AvgIpc) is 2.45. The summed E-state index contributed by atoms with van der Waals surface area (Å²) in [6.45, 7) is 8.98. The molecule has 25 heavy (non-hydrogen) atoms. The van der Waals surface area contributed by atoms with Crippen molar-refractivity contribution in [3.63, 3.8) is 0 Å².